The van der Waals surface area contributed by atoms with Crippen molar-refractivity contribution in [3.05, 3.63) is 51.1 Å². The van der Waals surface area contributed by atoms with Gasteiger partial charge in [-0.1, -0.05) is 18.2 Å². The number of nitrogens with zero attached hydrogens (tertiary/aromatic N) is 3. The number of halogens is 1. The van der Waals surface area contributed by atoms with Crippen LogP contribution in [0.5, 0.6) is 0 Å². The number of likely N-dealkylation sites (N-methyl/N-ethyl adjacent to an activating group) is 1. The number of aryl methyl sites for hydroxylation is 1. The Bertz CT molecular complexity index is 894. The number of fused-ring (bicyclic) bond motifs is 1. The minimum absolute atomic E-state index is 0.949. The monoisotopic (exact) mass is 446 g/mol. The van der Waals surface area contributed by atoms with Gasteiger partial charge in [0.1, 0.15) is 5.82 Å². The van der Waals surface area contributed by atoms with E-state index < -0.39 is 0 Å². The van der Waals surface area contributed by atoms with Gasteiger partial charge in [-0.3, -0.25) is 4.90 Å². The van der Waals surface area contributed by atoms with Crippen molar-refractivity contribution in [1.29, 1.82) is 0 Å². The topological polar surface area (TPSA) is 35.2 Å². The second-order valence-electron chi connectivity index (χ2n) is 6.98. The molecule has 5 heteroatoms. The van der Waals surface area contributed by atoms with E-state index in [0.717, 1.165) is 55.1 Å². The molecule has 0 amide bonds. The lowest BCUT2D eigenvalue weighted by molar-refractivity contribution is 0.148. The zero-order valence-electron chi connectivity index (χ0n) is 14.7. The van der Waals surface area contributed by atoms with Crippen molar-refractivity contribution in [3.63, 3.8) is 0 Å². The summed E-state index contributed by atoms with van der Waals surface area (Å²) in [5, 5.41) is 0. The molecule has 4 nitrogen and oxygen atoms in total. The molecule has 4 rings (SSSR count). The molecular weight excluding hydrogens is 423 g/mol. The summed E-state index contributed by atoms with van der Waals surface area (Å²) < 4.78 is 1.27. The van der Waals surface area contributed by atoms with Crippen LogP contribution < -0.4 is 0 Å². The van der Waals surface area contributed by atoms with Crippen LogP contribution in [0.3, 0.4) is 0 Å². The predicted molar refractivity (Wildman–Crippen MR) is 112 cm³/mol. The summed E-state index contributed by atoms with van der Waals surface area (Å²) in [6.45, 7) is 7.75. The number of hydrogen-bond acceptors (Lipinski definition) is 3. The van der Waals surface area contributed by atoms with Crippen LogP contribution in [0.25, 0.3) is 22.4 Å². The Kier molecular flexibility index (Phi) is 4.80. The smallest absolute Gasteiger partial charge is 0.138 e. The minimum atomic E-state index is 0.949. The molecule has 0 spiro atoms. The lowest BCUT2D eigenvalue weighted by Gasteiger charge is -2.32. The fourth-order valence-corrected chi connectivity index (χ4v) is 3.81. The molecule has 0 aliphatic carbocycles. The molecule has 0 radical (unpaired) electrons. The number of nitrogens with one attached hydrogen (secondary N) is 1. The maximum absolute atomic E-state index is 4.77. The summed E-state index contributed by atoms with van der Waals surface area (Å²) in [7, 11) is 2.20. The molecule has 0 atom stereocenters. The van der Waals surface area contributed by atoms with E-state index in [1.54, 1.807) is 0 Å². The quantitative estimate of drug-likeness (QED) is 0.621. The summed E-state index contributed by atoms with van der Waals surface area (Å²) >= 11 is 2.38. The summed E-state index contributed by atoms with van der Waals surface area (Å²) in [5.74, 6) is 0.949. The summed E-state index contributed by atoms with van der Waals surface area (Å²) in [6.07, 6.45) is 0. The van der Waals surface area contributed by atoms with Gasteiger partial charge in [0, 0.05) is 41.9 Å². The SMILES string of the molecule is Cc1ccc(-c2nc3ccc(CN4CCN(C)CC4)cc3[nH]2)cc1I. The van der Waals surface area contributed by atoms with E-state index in [1.807, 2.05) is 0 Å². The Morgan fingerprint density at radius 3 is 2.64 bits per heavy atom. The van der Waals surface area contributed by atoms with Crippen LogP contribution in [0.2, 0.25) is 0 Å². The van der Waals surface area contributed by atoms with E-state index in [4.69, 9.17) is 4.98 Å². The average Bonchev–Trinajstić information content (AvgIpc) is 3.03. The van der Waals surface area contributed by atoms with Crippen LogP contribution in [0.15, 0.2) is 36.4 Å². The number of H-pyrrole nitrogens is 1. The maximum Gasteiger partial charge on any atom is 0.138 e. The molecule has 1 fully saturated rings. The Labute approximate surface area is 162 Å². The molecule has 1 saturated heterocycles. The number of aromatic nitrogens is 2. The van der Waals surface area contributed by atoms with Crippen molar-refractivity contribution in [2.75, 3.05) is 33.2 Å². The zero-order chi connectivity index (χ0) is 17.4. The van der Waals surface area contributed by atoms with E-state index in [2.05, 4.69) is 87.7 Å². The van der Waals surface area contributed by atoms with Crippen molar-refractivity contribution in [1.82, 2.24) is 19.8 Å². The van der Waals surface area contributed by atoms with E-state index in [0.29, 0.717) is 0 Å². The third-order valence-electron chi connectivity index (χ3n) is 4.99. The molecule has 25 heavy (non-hydrogen) atoms. The molecule has 1 N–H and O–H groups in total. The molecule has 0 unspecified atom stereocenters. The first-order valence-electron chi connectivity index (χ1n) is 8.74. The Morgan fingerprint density at radius 2 is 1.88 bits per heavy atom. The number of benzene rings is 2. The standard InChI is InChI=1S/C20H23IN4/c1-14-3-5-16(12-17(14)21)20-22-18-6-4-15(11-19(18)23-20)13-25-9-7-24(2)8-10-25/h3-6,11-12H,7-10,13H2,1-2H3,(H,22,23). The fourth-order valence-electron chi connectivity index (χ4n) is 3.30. The highest BCUT2D eigenvalue weighted by Gasteiger charge is 2.14. The molecule has 2 heterocycles. The van der Waals surface area contributed by atoms with Gasteiger partial charge in [0.15, 0.2) is 0 Å². The summed E-state index contributed by atoms with van der Waals surface area (Å²) in [6, 6.07) is 13.1. The lowest BCUT2D eigenvalue weighted by atomic mass is 10.1. The normalized spacial score (nSPS) is 16.6. The number of rotatable bonds is 3. The average molecular weight is 446 g/mol. The van der Waals surface area contributed by atoms with Crippen LogP contribution in [0, 0.1) is 10.5 Å². The number of hydrogen-bond donors (Lipinski definition) is 1. The molecule has 3 aromatic rings. The molecule has 0 saturated carbocycles. The molecule has 1 aromatic heterocycles. The molecular formula is C20H23IN4. The van der Waals surface area contributed by atoms with E-state index in [9.17, 15) is 0 Å². The molecule has 130 valence electrons. The highest BCUT2D eigenvalue weighted by atomic mass is 127. The Balaban J connectivity index is 1.57. The van der Waals surface area contributed by atoms with Crippen LogP contribution in [0.1, 0.15) is 11.1 Å². The first-order valence-corrected chi connectivity index (χ1v) is 9.82. The second-order valence-corrected chi connectivity index (χ2v) is 8.14. The van der Waals surface area contributed by atoms with E-state index in [1.165, 1.54) is 14.7 Å². The van der Waals surface area contributed by atoms with E-state index in [-0.39, 0.29) is 0 Å². The van der Waals surface area contributed by atoms with Gasteiger partial charge >= 0.3 is 0 Å². The van der Waals surface area contributed by atoms with Crippen LogP contribution in [-0.2, 0) is 6.54 Å². The zero-order valence-corrected chi connectivity index (χ0v) is 16.9. The number of piperazine rings is 1. The first kappa shape index (κ1) is 17.0. The van der Waals surface area contributed by atoms with Gasteiger partial charge in [0.05, 0.1) is 11.0 Å². The van der Waals surface area contributed by atoms with Crippen LogP contribution in [-0.4, -0.2) is 53.0 Å². The molecule has 0 bridgehead atoms. The molecule has 1 aliphatic rings. The fraction of sp³-hybridized carbons (Fsp3) is 0.350. The Hall–Kier alpha value is -1.44. The van der Waals surface area contributed by atoms with Crippen LogP contribution >= 0.6 is 22.6 Å². The largest absolute Gasteiger partial charge is 0.338 e. The van der Waals surface area contributed by atoms with Crippen molar-refractivity contribution >= 4 is 33.6 Å². The third kappa shape index (κ3) is 3.73. The highest BCUT2D eigenvalue weighted by Crippen LogP contribution is 2.24. The van der Waals surface area contributed by atoms with Gasteiger partial charge in [-0.25, -0.2) is 4.98 Å². The van der Waals surface area contributed by atoms with Crippen molar-refractivity contribution in [2.24, 2.45) is 0 Å². The molecule has 1 aliphatic heterocycles. The minimum Gasteiger partial charge on any atom is -0.338 e. The Morgan fingerprint density at radius 1 is 1.08 bits per heavy atom. The van der Waals surface area contributed by atoms with Crippen molar-refractivity contribution < 1.29 is 0 Å². The van der Waals surface area contributed by atoms with Crippen molar-refractivity contribution in [3.8, 4) is 11.4 Å². The molecule has 2 aromatic carbocycles. The van der Waals surface area contributed by atoms with Crippen molar-refractivity contribution in [2.45, 2.75) is 13.5 Å². The number of aromatic amines is 1. The third-order valence-corrected chi connectivity index (χ3v) is 6.16. The predicted octanol–water partition coefficient (Wildman–Crippen LogP) is 3.89. The first-order chi connectivity index (χ1) is 12.1. The highest BCUT2D eigenvalue weighted by molar-refractivity contribution is 14.1. The van der Waals surface area contributed by atoms with Gasteiger partial charge < -0.3 is 9.88 Å². The summed E-state index contributed by atoms with van der Waals surface area (Å²) in [5.41, 5.74) is 5.96. The van der Waals surface area contributed by atoms with Gasteiger partial charge in [0.25, 0.3) is 0 Å². The van der Waals surface area contributed by atoms with Crippen LogP contribution in [0.4, 0.5) is 0 Å². The van der Waals surface area contributed by atoms with Gasteiger partial charge in [-0.2, -0.15) is 0 Å². The van der Waals surface area contributed by atoms with Gasteiger partial charge in [0.2, 0.25) is 0 Å². The maximum atomic E-state index is 4.77. The van der Waals surface area contributed by atoms with Gasteiger partial charge in [-0.15, -0.1) is 0 Å². The summed E-state index contributed by atoms with van der Waals surface area (Å²) in [4.78, 5) is 13.2. The number of imidazole rings is 1. The second kappa shape index (κ2) is 7.05. The van der Waals surface area contributed by atoms with E-state index >= 15 is 0 Å². The lowest BCUT2D eigenvalue weighted by Crippen LogP contribution is -2.43. The van der Waals surface area contributed by atoms with Gasteiger partial charge in [-0.05, 0) is 65.9 Å².